The first-order valence-corrected chi connectivity index (χ1v) is 14.4. The van der Waals surface area contributed by atoms with Crippen LogP contribution in [0, 0.1) is 24.0 Å². The van der Waals surface area contributed by atoms with Crippen LogP contribution in [0.2, 0.25) is 0 Å². The molecule has 0 fully saturated rings. The topological polar surface area (TPSA) is 148 Å². The van der Waals surface area contributed by atoms with Crippen LogP contribution in [0.1, 0.15) is 36.2 Å². The van der Waals surface area contributed by atoms with E-state index >= 15 is 0 Å². The quantitative estimate of drug-likeness (QED) is 0.0829. The van der Waals surface area contributed by atoms with E-state index in [1.807, 2.05) is 79.7 Å². The summed E-state index contributed by atoms with van der Waals surface area (Å²) in [6.45, 7) is 7.86. The summed E-state index contributed by atoms with van der Waals surface area (Å²) in [4.78, 5) is 23.0. The summed E-state index contributed by atoms with van der Waals surface area (Å²) < 4.78 is 1.78. The van der Waals surface area contributed by atoms with Gasteiger partial charge in [0.25, 0.3) is 11.6 Å². The molecule has 1 amide bonds. The Labute approximate surface area is 260 Å². The van der Waals surface area contributed by atoms with Gasteiger partial charge in [0.1, 0.15) is 5.75 Å². The van der Waals surface area contributed by atoms with Gasteiger partial charge in [-0.05, 0) is 81.6 Å². The van der Waals surface area contributed by atoms with Crippen molar-refractivity contribution in [1.29, 1.82) is 0 Å². The molecule has 10 heteroatoms. The summed E-state index contributed by atoms with van der Waals surface area (Å²) >= 11 is 0. The first kappa shape index (κ1) is 30.7. The van der Waals surface area contributed by atoms with E-state index in [9.17, 15) is 20.0 Å². The molecule has 0 saturated heterocycles. The number of primary amides is 1. The number of azo groups is 1. The zero-order valence-corrected chi connectivity index (χ0v) is 25.5. The highest BCUT2D eigenvalue weighted by molar-refractivity contribution is 6.00. The number of hydrogen-bond acceptors (Lipinski definition) is 7. The van der Waals surface area contributed by atoms with Crippen molar-refractivity contribution in [2.24, 2.45) is 16.0 Å². The molecule has 0 spiro atoms. The molecule has 5 aromatic rings. The molecule has 4 aromatic carbocycles. The molecular weight excluding hydrogens is 568 g/mol. The van der Waals surface area contributed by atoms with Gasteiger partial charge in [0.05, 0.1) is 32.9 Å². The third-order valence-corrected chi connectivity index (χ3v) is 7.47. The number of benzene rings is 4. The fourth-order valence-corrected chi connectivity index (χ4v) is 5.58. The number of carbonyl (C=O) groups is 1. The number of aryl methyl sites for hydroxylation is 1. The number of para-hydroxylation sites is 1. The Hall–Kier alpha value is -5.77. The van der Waals surface area contributed by atoms with Crippen LogP contribution in [0.3, 0.4) is 0 Å². The van der Waals surface area contributed by atoms with Crippen LogP contribution in [-0.4, -0.2) is 26.0 Å². The van der Waals surface area contributed by atoms with Crippen LogP contribution in [0.5, 0.6) is 5.75 Å². The number of fused-ring (bicyclic) bond motifs is 2. The lowest BCUT2D eigenvalue weighted by atomic mass is 9.85. The predicted octanol–water partition coefficient (Wildman–Crippen LogP) is 7.41. The van der Waals surface area contributed by atoms with Crippen molar-refractivity contribution < 1.29 is 14.8 Å². The maximum Gasteiger partial charge on any atom is 0.298 e. The van der Waals surface area contributed by atoms with Gasteiger partial charge in [-0.25, -0.2) is 0 Å². The fourth-order valence-electron chi connectivity index (χ4n) is 5.58. The Balaban J connectivity index is 0.000000182. The number of hydrogen-bond donors (Lipinski definition) is 3. The highest BCUT2D eigenvalue weighted by Gasteiger charge is 2.30. The third kappa shape index (κ3) is 6.59. The third-order valence-electron chi connectivity index (χ3n) is 7.47. The molecule has 0 aliphatic carbocycles. The van der Waals surface area contributed by atoms with E-state index in [4.69, 9.17) is 5.73 Å². The highest BCUT2D eigenvalue weighted by Crippen LogP contribution is 2.36. The summed E-state index contributed by atoms with van der Waals surface area (Å²) in [6.07, 6.45) is 0.855. The van der Waals surface area contributed by atoms with E-state index in [1.54, 1.807) is 23.6 Å². The molecule has 0 saturated carbocycles. The molecule has 0 unspecified atom stereocenters. The lowest BCUT2D eigenvalue weighted by Crippen LogP contribution is -2.44. The van der Waals surface area contributed by atoms with E-state index in [0.29, 0.717) is 28.0 Å². The number of carbonyl (C=O) groups excluding carboxylic acids is 1. The van der Waals surface area contributed by atoms with Crippen molar-refractivity contribution in [3.8, 4) is 11.4 Å². The molecule has 6 rings (SSSR count). The maximum absolute atomic E-state index is 12.1. The summed E-state index contributed by atoms with van der Waals surface area (Å²) in [5, 5.41) is 33.3. The van der Waals surface area contributed by atoms with Crippen LogP contribution in [-0.2, 0) is 11.2 Å². The Morgan fingerprint density at radius 2 is 1.69 bits per heavy atom. The lowest BCUT2D eigenvalue weighted by molar-refractivity contribution is -0.383. The number of rotatable bonds is 5. The molecule has 0 bridgehead atoms. The number of phenolic OH excluding ortho intramolecular Hbond substituents is 1. The molecule has 1 aromatic heterocycles. The second-order valence-corrected chi connectivity index (χ2v) is 11.5. The monoisotopic (exact) mass is 602 g/mol. The molecule has 4 N–H and O–H groups in total. The van der Waals surface area contributed by atoms with Crippen LogP contribution in [0.4, 0.5) is 11.4 Å². The van der Waals surface area contributed by atoms with Crippen LogP contribution < -0.4 is 11.1 Å². The highest BCUT2D eigenvalue weighted by atomic mass is 16.6. The lowest BCUT2D eigenvalue weighted by Gasteiger charge is -2.35. The van der Waals surface area contributed by atoms with E-state index in [0.717, 1.165) is 28.8 Å². The SMILES string of the molecule is Cc1c([N+](=O)[O-])c2ccc(O)cc2n1-c1ccccc1.Cc1cccc(/N=N/C(C(N)=O)=C2/NC(C)(C)Cc3ccccc32)c1. The Kier molecular flexibility index (Phi) is 8.49. The Morgan fingerprint density at radius 1 is 0.978 bits per heavy atom. The standard InChI is InChI=1S/C20H22N4O.C15H12N2O3/c1-13-7-6-9-15(11-13)23-24-18(19(21)25)17-16-10-5-4-8-14(16)12-20(2,3)22-17;1-10-15(17(19)20)13-8-7-12(18)9-14(13)16(10)11-5-3-2-4-6-11/h4-11,22H,12H2,1-3H3,(H2,21,25);2-9,18H,1H3/b18-17+,24-23+;. The smallest absolute Gasteiger partial charge is 0.298 e. The molecule has 45 heavy (non-hydrogen) atoms. The molecule has 1 aliphatic rings. The van der Waals surface area contributed by atoms with E-state index < -0.39 is 5.91 Å². The zero-order valence-electron chi connectivity index (χ0n) is 25.5. The molecule has 228 valence electrons. The fraction of sp³-hybridized carbons (Fsp3) is 0.171. The van der Waals surface area contributed by atoms with E-state index in [-0.39, 0.29) is 27.6 Å². The minimum absolute atomic E-state index is 0.0730. The molecule has 0 atom stereocenters. The number of nitrogens with zero attached hydrogens (tertiary/aromatic N) is 4. The van der Waals surface area contributed by atoms with Gasteiger partial charge in [0, 0.05) is 22.9 Å². The second-order valence-electron chi connectivity index (χ2n) is 11.5. The van der Waals surface area contributed by atoms with Gasteiger partial charge in [-0.1, -0.05) is 54.6 Å². The van der Waals surface area contributed by atoms with Crippen molar-refractivity contribution in [1.82, 2.24) is 9.88 Å². The van der Waals surface area contributed by atoms with Crippen LogP contribution >= 0.6 is 0 Å². The largest absolute Gasteiger partial charge is 0.508 e. The summed E-state index contributed by atoms with van der Waals surface area (Å²) in [6, 6.07) is 29.6. The van der Waals surface area contributed by atoms with Gasteiger partial charge in [-0.2, -0.15) is 5.11 Å². The Morgan fingerprint density at radius 3 is 2.38 bits per heavy atom. The average molecular weight is 603 g/mol. The average Bonchev–Trinajstić information content (AvgIpc) is 3.28. The number of nitrogens with one attached hydrogen (secondary N) is 1. The van der Waals surface area contributed by atoms with E-state index in [1.165, 1.54) is 6.07 Å². The number of nitro groups is 1. The van der Waals surface area contributed by atoms with Crippen LogP contribution in [0.15, 0.2) is 113 Å². The van der Waals surface area contributed by atoms with Crippen molar-refractivity contribution >= 4 is 33.9 Å². The van der Waals surface area contributed by atoms with E-state index in [2.05, 4.69) is 35.5 Å². The van der Waals surface area contributed by atoms with Crippen molar-refractivity contribution in [2.75, 3.05) is 0 Å². The van der Waals surface area contributed by atoms with Gasteiger partial charge >= 0.3 is 0 Å². The van der Waals surface area contributed by atoms with Gasteiger partial charge in [-0.3, -0.25) is 14.9 Å². The Bertz CT molecular complexity index is 1980. The molecule has 10 nitrogen and oxygen atoms in total. The van der Waals surface area contributed by atoms with Crippen molar-refractivity contribution in [3.63, 3.8) is 0 Å². The summed E-state index contributed by atoms with van der Waals surface area (Å²) in [5.74, 6) is -0.520. The number of aromatic nitrogens is 1. The number of aromatic hydroxyl groups is 1. The number of amides is 1. The second kappa shape index (κ2) is 12.5. The van der Waals surface area contributed by atoms with Crippen molar-refractivity contribution in [3.05, 3.63) is 135 Å². The van der Waals surface area contributed by atoms with Gasteiger partial charge in [-0.15, -0.1) is 5.11 Å². The van der Waals surface area contributed by atoms with Crippen LogP contribution in [0.25, 0.3) is 22.3 Å². The summed E-state index contributed by atoms with van der Waals surface area (Å²) in [7, 11) is 0. The first-order chi connectivity index (χ1) is 21.4. The molecule has 0 radical (unpaired) electrons. The minimum atomic E-state index is -0.605. The minimum Gasteiger partial charge on any atom is -0.508 e. The molecule has 1 aliphatic heterocycles. The molecule has 2 heterocycles. The maximum atomic E-state index is 12.1. The first-order valence-electron chi connectivity index (χ1n) is 14.4. The number of nitrogens with two attached hydrogens (primary N) is 1. The van der Waals surface area contributed by atoms with Gasteiger partial charge in [0.15, 0.2) is 5.70 Å². The predicted molar refractivity (Wildman–Crippen MR) is 176 cm³/mol. The normalized spacial score (nSPS) is 14.7. The van der Waals surface area contributed by atoms with Gasteiger partial charge in [0.2, 0.25) is 0 Å². The number of phenols is 1. The summed E-state index contributed by atoms with van der Waals surface area (Å²) in [5.41, 5.74) is 12.1. The van der Waals surface area contributed by atoms with Gasteiger partial charge < -0.3 is 20.7 Å². The van der Waals surface area contributed by atoms with Crippen molar-refractivity contribution in [2.45, 2.75) is 39.7 Å². The molecular formula is C35H34N6O4. The zero-order chi connectivity index (χ0) is 32.3.